The van der Waals surface area contributed by atoms with Crippen LogP contribution in [0.5, 0.6) is 0 Å². The number of rotatable bonds is 5. The number of nitrogens with one attached hydrogen (secondary N) is 2. The van der Waals surface area contributed by atoms with E-state index in [-0.39, 0.29) is 5.91 Å². The Kier molecular flexibility index (Phi) is 4.37. The Hall–Kier alpha value is -2.70. The maximum absolute atomic E-state index is 13.0. The lowest BCUT2D eigenvalue weighted by molar-refractivity contribution is 0.102. The maximum Gasteiger partial charge on any atom is 0.259 e. The van der Waals surface area contributed by atoms with Gasteiger partial charge in [0.25, 0.3) is 11.6 Å². The van der Waals surface area contributed by atoms with Crippen LogP contribution in [0.3, 0.4) is 0 Å². The molecule has 28 heavy (non-hydrogen) atoms. The van der Waals surface area contributed by atoms with Crippen molar-refractivity contribution in [1.82, 2.24) is 20.3 Å². The highest BCUT2D eigenvalue weighted by Gasteiger charge is 2.29. The van der Waals surface area contributed by atoms with Crippen LogP contribution in [0.1, 0.15) is 78.3 Å². The predicted molar refractivity (Wildman–Crippen MR) is 105 cm³/mol. The van der Waals surface area contributed by atoms with Crippen molar-refractivity contribution in [3.8, 4) is 0 Å². The first-order valence-corrected chi connectivity index (χ1v) is 10.3. The van der Waals surface area contributed by atoms with Crippen LogP contribution >= 0.6 is 0 Å². The van der Waals surface area contributed by atoms with Crippen molar-refractivity contribution >= 4 is 22.8 Å². The van der Waals surface area contributed by atoms with Crippen molar-refractivity contribution in [2.75, 3.05) is 5.32 Å². The van der Waals surface area contributed by atoms with Crippen molar-refractivity contribution in [3.63, 3.8) is 0 Å². The van der Waals surface area contributed by atoms with Crippen molar-refractivity contribution < 1.29 is 9.32 Å². The minimum Gasteiger partial charge on any atom is -0.336 e. The number of aromatic nitrogens is 4. The van der Waals surface area contributed by atoms with E-state index < -0.39 is 0 Å². The number of aromatic amines is 1. The van der Waals surface area contributed by atoms with Crippen LogP contribution in [0.4, 0.5) is 5.82 Å². The van der Waals surface area contributed by atoms with Crippen molar-refractivity contribution in [2.45, 2.75) is 64.2 Å². The Labute approximate surface area is 163 Å². The van der Waals surface area contributed by atoms with Gasteiger partial charge < -0.3 is 9.84 Å². The van der Waals surface area contributed by atoms with Crippen molar-refractivity contribution in [2.24, 2.45) is 5.92 Å². The van der Waals surface area contributed by atoms with Crippen LogP contribution in [-0.2, 0) is 6.42 Å². The molecular weight excluding hydrogens is 354 g/mol. The molecule has 2 saturated carbocycles. The van der Waals surface area contributed by atoms with Gasteiger partial charge in [0, 0.05) is 23.4 Å². The number of nitrogens with zero attached hydrogens (tertiary/aromatic N) is 3. The monoisotopic (exact) mass is 379 g/mol. The summed E-state index contributed by atoms with van der Waals surface area (Å²) in [7, 11) is 0. The second kappa shape index (κ2) is 7.04. The highest BCUT2D eigenvalue weighted by atomic mass is 16.5. The number of hydrogen-bond acceptors (Lipinski definition) is 5. The first-order chi connectivity index (χ1) is 13.7. The maximum atomic E-state index is 13.0. The molecule has 0 spiro atoms. The van der Waals surface area contributed by atoms with Gasteiger partial charge in [-0.05, 0) is 38.2 Å². The molecule has 2 aliphatic rings. The summed E-state index contributed by atoms with van der Waals surface area (Å²) in [5.74, 6) is 1.51. The summed E-state index contributed by atoms with van der Waals surface area (Å²) in [5.41, 5.74) is 3.67. The molecule has 0 aromatic carbocycles. The van der Waals surface area contributed by atoms with Gasteiger partial charge in [-0.3, -0.25) is 9.89 Å². The number of pyridine rings is 1. The molecular formula is C21H25N5O2. The average molecular weight is 379 g/mol. The Balaban J connectivity index is 1.36. The summed E-state index contributed by atoms with van der Waals surface area (Å²) in [6, 6.07) is 3.84. The molecule has 3 aromatic rings. The summed E-state index contributed by atoms with van der Waals surface area (Å²) in [5, 5.41) is 15.0. The van der Waals surface area contributed by atoms with Crippen LogP contribution < -0.4 is 5.32 Å². The number of anilines is 1. The molecule has 0 atom stereocenters. The zero-order chi connectivity index (χ0) is 19.1. The highest BCUT2D eigenvalue weighted by Crippen LogP contribution is 2.40. The van der Waals surface area contributed by atoms with Crippen molar-refractivity contribution in [3.05, 3.63) is 34.8 Å². The molecule has 0 unspecified atom stereocenters. The Morgan fingerprint density at radius 3 is 2.82 bits per heavy atom. The molecule has 1 amide bonds. The quantitative estimate of drug-likeness (QED) is 0.680. The standard InChI is InChI=1S/C21H25N5O2/c1-12-19-16(11-17(14-7-8-14)22-21(19)28-26-12)20(27)23-18-10-15(24-25-18)9-13-5-3-2-4-6-13/h10-11,13-14H,2-9H2,1H3,(H2,23,24,25,27). The molecule has 5 rings (SSSR count). The topological polar surface area (TPSA) is 96.7 Å². The normalized spacial score (nSPS) is 17.9. The summed E-state index contributed by atoms with van der Waals surface area (Å²) < 4.78 is 5.33. The number of amides is 1. The SMILES string of the molecule is Cc1noc2nc(C3CC3)cc(C(=O)Nc3cc(CC4CCCCC4)[nH]n3)c12. The van der Waals surface area contributed by atoms with E-state index in [9.17, 15) is 4.79 Å². The predicted octanol–water partition coefficient (Wildman–Crippen LogP) is 4.51. The average Bonchev–Trinajstić information content (AvgIpc) is 3.37. The summed E-state index contributed by atoms with van der Waals surface area (Å²) >= 11 is 0. The molecule has 2 N–H and O–H groups in total. The van der Waals surface area contributed by atoms with Crippen LogP contribution in [0, 0.1) is 12.8 Å². The van der Waals surface area contributed by atoms with Gasteiger partial charge in [-0.1, -0.05) is 37.3 Å². The molecule has 3 heterocycles. The van der Waals surface area contributed by atoms with Crippen LogP contribution in [0.15, 0.2) is 16.7 Å². The number of H-pyrrole nitrogens is 1. The second-order valence-corrected chi connectivity index (χ2v) is 8.26. The zero-order valence-electron chi connectivity index (χ0n) is 16.1. The number of carbonyl (C=O) groups is 1. The lowest BCUT2D eigenvalue weighted by atomic mass is 9.86. The van der Waals surface area contributed by atoms with Gasteiger partial charge in [-0.2, -0.15) is 5.10 Å². The van der Waals surface area contributed by atoms with Crippen LogP contribution in [0.2, 0.25) is 0 Å². The smallest absolute Gasteiger partial charge is 0.259 e. The van der Waals surface area contributed by atoms with E-state index in [1.54, 1.807) is 0 Å². The van der Waals surface area contributed by atoms with Crippen LogP contribution in [-0.4, -0.2) is 26.2 Å². The van der Waals surface area contributed by atoms with Gasteiger partial charge in [0.15, 0.2) is 5.82 Å². The van der Waals surface area contributed by atoms with Crippen molar-refractivity contribution in [1.29, 1.82) is 0 Å². The van der Waals surface area contributed by atoms with E-state index in [1.165, 1.54) is 32.1 Å². The number of hydrogen-bond donors (Lipinski definition) is 2. The first kappa shape index (κ1) is 17.4. The molecule has 146 valence electrons. The molecule has 3 aromatic heterocycles. The van der Waals surface area contributed by atoms with E-state index >= 15 is 0 Å². The van der Waals surface area contributed by atoms with Crippen LogP contribution in [0.25, 0.3) is 11.1 Å². The third kappa shape index (κ3) is 3.41. The number of aryl methyl sites for hydroxylation is 1. The second-order valence-electron chi connectivity index (χ2n) is 8.26. The third-order valence-electron chi connectivity index (χ3n) is 5.98. The Morgan fingerprint density at radius 1 is 1.21 bits per heavy atom. The van der Waals surface area contributed by atoms with Gasteiger partial charge in [0.1, 0.15) is 0 Å². The third-order valence-corrected chi connectivity index (χ3v) is 5.98. The zero-order valence-corrected chi connectivity index (χ0v) is 16.1. The molecule has 0 aliphatic heterocycles. The lowest BCUT2D eigenvalue weighted by Crippen LogP contribution is -2.13. The molecule has 2 fully saturated rings. The highest BCUT2D eigenvalue weighted by molar-refractivity contribution is 6.12. The largest absolute Gasteiger partial charge is 0.336 e. The fraction of sp³-hybridized carbons (Fsp3) is 0.524. The van der Waals surface area contributed by atoms with E-state index in [0.29, 0.717) is 34.1 Å². The van der Waals surface area contributed by atoms with Gasteiger partial charge in [-0.15, -0.1) is 0 Å². The van der Waals surface area contributed by atoms with E-state index in [1.807, 2.05) is 19.1 Å². The summed E-state index contributed by atoms with van der Waals surface area (Å²) in [6.45, 7) is 1.83. The van der Waals surface area contributed by atoms with Gasteiger partial charge >= 0.3 is 0 Å². The molecule has 2 aliphatic carbocycles. The van der Waals surface area contributed by atoms with E-state index in [0.717, 1.165) is 36.6 Å². The minimum atomic E-state index is -0.198. The fourth-order valence-corrected chi connectivity index (χ4v) is 4.30. The van der Waals surface area contributed by atoms with Gasteiger partial charge in [-0.25, -0.2) is 4.98 Å². The molecule has 0 bridgehead atoms. The lowest BCUT2D eigenvalue weighted by Gasteiger charge is -2.20. The number of fused-ring (bicyclic) bond motifs is 1. The molecule has 7 nitrogen and oxygen atoms in total. The summed E-state index contributed by atoms with van der Waals surface area (Å²) in [4.78, 5) is 17.6. The fourth-order valence-electron chi connectivity index (χ4n) is 4.30. The van der Waals surface area contributed by atoms with Gasteiger partial charge in [0.2, 0.25) is 0 Å². The minimum absolute atomic E-state index is 0.198. The summed E-state index contributed by atoms with van der Waals surface area (Å²) in [6.07, 6.45) is 9.78. The molecule has 0 saturated heterocycles. The Bertz CT molecular complexity index is 1010. The first-order valence-electron chi connectivity index (χ1n) is 10.3. The Morgan fingerprint density at radius 2 is 2.04 bits per heavy atom. The number of carbonyl (C=O) groups excluding carboxylic acids is 1. The molecule has 7 heteroatoms. The van der Waals surface area contributed by atoms with E-state index in [4.69, 9.17) is 4.52 Å². The van der Waals surface area contributed by atoms with E-state index in [2.05, 4.69) is 25.7 Å². The van der Waals surface area contributed by atoms with Gasteiger partial charge in [0.05, 0.1) is 16.6 Å². The molecule has 0 radical (unpaired) electrons.